The molecular formula is C10H13NO2. The van der Waals surface area contributed by atoms with Gasteiger partial charge in [-0.05, 0) is 18.2 Å². The number of esters is 1. The second-order valence-corrected chi connectivity index (χ2v) is 2.11. The van der Waals surface area contributed by atoms with Crippen LogP contribution >= 0.6 is 0 Å². The third-order valence-electron chi connectivity index (χ3n) is 1.09. The van der Waals surface area contributed by atoms with Gasteiger partial charge in [-0.1, -0.05) is 13.2 Å². The molecule has 0 atom stereocenters. The van der Waals surface area contributed by atoms with Crippen LogP contribution in [0, 0.1) is 0 Å². The topological polar surface area (TPSA) is 42.1 Å². The van der Waals surface area contributed by atoms with Gasteiger partial charge in [-0.15, -0.1) is 0 Å². The second-order valence-electron chi connectivity index (χ2n) is 2.11. The molecule has 1 N–H and O–H groups in total. The minimum absolute atomic E-state index is 0.329. The molecule has 13 heavy (non-hydrogen) atoms. The third kappa shape index (κ3) is 6.62. The van der Waals surface area contributed by atoms with Gasteiger partial charge in [-0.2, -0.15) is 0 Å². The summed E-state index contributed by atoms with van der Waals surface area (Å²) in [4.78, 5) is 12.7. The van der Waals surface area contributed by atoms with E-state index in [0.29, 0.717) is 0 Å². The molecule has 0 saturated heterocycles. The number of carbonyl (C=O) groups is 1. The average molecular weight is 179 g/mol. The summed E-state index contributed by atoms with van der Waals surface area (Å²) in [6.45, 7) is 8.05. The molecule has 1 heterocycles. The number of hydrogen-bond donors (Lipinski definition) is 1. The highest BCUT2D eigenvalue weighted by Crippen LogP contribution is 1.92. The Kier molecular flexibility index (Phi) is 5.97. The van der Waals surface area contributed by atoms with E-state index in [0.717, 1.165) is 12.0 Å². The lowest BCUT2D eigenvalue weighted by Crippen LogP contribution is -1.87. The molecule has 0 unspecified atom stereocenters. The van der Waals surface area contributed by atoms with Crippen LogP contribution in [0.3, 0.4) is 0 Å². The highest BCUT2D eigenvalue weighted by Gasteiger charge is 1.79. The Morgan fingerprint density at radius 1 is 1.62 bits per heavy atom. The summed E-state index contributed by atoms with van der Waals surface area (Å²) in [7, 11) is 0. The van der Waals surface area contributed by atoms with Gasteiger partial charge in [0.2, 0.25) is 0 Å². The number of rotatable bonds is 2. The summed E-state index contributed by atoms with van der Waals surface area (Å²) in [5.41, 5.74) is 1.07. The molecule has 0 fully saturated rings. The maximum absolute atomic E-state index is 9.75. The van der Waals surface area contributed by atoms with Crippen LogP contribution in [0.4, 0.5) is 0 Å². The van der Waals surface area contributed by atoms with Crippen molar-refractivity contribution in [2.24, 2.45) is 0 Å². The van der Waals surface area contributed by atoms with Gasteiger partial charge in [0, 0.05) is 18.8 Å². The summed E-state index contributed by atoms with van der Waals surface area (Å²) >= 11 is 0. The summed E-state index contributed by atoms with van der Waals surface area (Å²) < 4.78 is 4.17. The van der Waals surface area contributed by atoms with Gasteiger partial charge in [-0.3, -0.25) is 4.79 Å². The van der Waals surface area contributed by atoms with Crippen molar-refractivity contribution in [2.75, 3.05) is 0 Å². The SMILES string of the molecule is C=COC(C)=O.C=Cc1ccc[nH]1. The quantitative estimate of drug-likeness (QED) is 0.559. The molecule has 3 heteroatoms. The molecule has 0 bridgehead atoms. The van der Waals surface area contributed by atoms with Gasteiger partial charge in [0.1, 0.15) is 0 Å². The molecule has 0 radical (unpaired) electrons. The van der Waals surface area contributed by atoms with Gasteiger partial charge in [0.05, 0.1) is 6.26 Å². The molecule has 0 saturated carbocycles. The zero-order valence-corrected chi connectivity index (χ0v) is 7.62. The van der Waals surface area contributed by atoms with Crippen molar-refractivity contribution >= 4 is 12.0 Å². The molecule has 0 aromatic carbocycles. The Bertz CT molecular complexity index is 262. The molecular weight excluding hydrogens is 166 g/mol. The largest absolute Gasteiger partial charge is 0.435 e. The number of hydrogen-bond acceptors (Lipinski definition) is 2. The minimum Gasteiger partial charge on any atom is -0.435 e. The molecule has 3 nitrogen and oxygen atoms in total. The molecule has 1 rings (SSSR count). The van der Waals surface area contributed by atoms with Gasteiger partial charge in [0.15, 0.2) is 0 Å². The van der Waals surface area contributed by atoms with Crippen molar-refractivity contribution in [3.05, 3.63) is 43.4 Å². The fourth-order valence-corrected chi connectivity index (χ4v) is 0.589. The maximum atomic E-state index is 9.75. The van der Waals surface area contributed by atoms with Crippen LogP contribution in [-0.4, -0.2) is 11.0 Å². The molecule has 0 spiro atoms. The molecule has 70 valence electrons. The van der Waals surface area contributed by atoms with Crippen molar-refractivity contribution in [1.82, 2.24) is 4.98 Å². The first-order chi connectivity index (χ1) is 6.20. The van der Waals surface area contributed by atoms with Gasteiger partial charge in [0.25, 0.3) is 0 Å². The number of nitrogens with one attached hydrogen (secondary N) is 1. The maximum Gasteiger partial charge on any atom is 0.307 e. The zero-order chi connectivity index (χ0) is 10.1. The minimum atomic E-state index is -0.329. The average Bonchev–Trinajstić information content (AvgIpc) is 2.56. The number of ether oxygens (including phenoxy) is 1. The summed E-state index contributed by atoms with van der Waals surface area (Å²) in [5.74, 6) is -0.329. The Hall–Kier alpha value is -1.77. The van der Waals surface area contributed by atoms with Crippen LogP contribution in [0.1, 0.15) is 12.6 Å². The van der Waals surface area contributed by atoms with E-state index in [1.54, 1.807) is 6.08 Å². The Labute approximate surface area is 77.7 Å². The predicted molar refractivity (Wildman–Crippen MR) is 52.8 cm³/mol. The number of aromatic amines is 1. The van der Waals surface area contributed by atoms with Crippen molar-refractivity contribution < 1.29 is 9.53 Å². The zero-order valence-electron chi connectivity index (χ0n) is 7.62. The fourth-order valence-electron chi connectivity index (χ4n) is 0.589. The second kappa shape index (κ2) is 6.91. The number of H-pyrrole nitrogens is 1. The highest BCUT2D eigenvalue weighted by molar-refractivity contribution is 5.66. The van der Waals surface area contributed by atoms with Crippen LogP contribution in [0.25, 0.3) is 6.08 Å². The highest BCUT2D eigenvalue weighted by atomic mass is 16.5. The Morgan fingerprint density at radius 3 is 2.46 bits per heavy atom. The molecule has 0 aliphatic heterocycles. The summed E-state index contributed by atoms with van der Waals surface area (Å²) in [6.07, 6.45) is 4.75. The molecule has 1 aromatic heterocycles. The van der Waals surface area contributed by atoms with E-state index in [1.807, 2.05) is 18.3 Å². The van der Waals surface area contributed by atoms with Crippen molar-refractivity contribution in [3.8, 4) is 0 Å². The van der Waals surface area contributed by atoms with E-state index in [2.05, 4.69) is 22.9 Å². The number of carbonyl (C=O) groups excluding carboxylic acids is 1. The predicted octanol–water partition coefficient (Wildman–Crippen LogP) is 2.35. The van der Waals surface area contributed by atoms with E-state index in [9.17, 15) is 4.79 Å². The van der Waals surface area contributed by atoms with Crippen LogP contribution in [0.15, 0.2) is 37.7 Å². The van der Waals surface area contributed by atoms with Crippen LogP contribution in [0.2, 0.25) is 0 Å². The lowest BCUT2D eigenvalue weighted by atomic mass is 10.4. The van der Waals surface area contributed by atoms with Crippen LogP contribution < -0.4 is 0 Å². The first-order valence-corrected chi connectivity index (χ1v) is 3.74. The summed E-state index contributed by atoms with van der Waals surface area (Å²) in [6, 6.07) is 3.91. The van der Waals surface area contributed by atoms with E-state index in [-0.39, 0.29) is 5.97 Å². The smallest absolute Gasteiger partial charge is 0.307 e. The molecule has 0 aliphatic rings. The first-order valence-electron chi connectivity index (χ1n) is 3.74. The third-order valence-corrected chi connectivity index (χ3v) is 1.09. The van der Waals surface area contributed by atoms with Gasteiger partial charge < -0.3 is 9.72 Å². The Balaban J connectivity index is 0.000000226. The van der Waals surface area contributed by atoms with Gasteiger partial charge >= 0.3 is 5.97 Å². The molecule has 0 aliphatic carbocycles. The van der Waals surface area contributed by atoms with Crippen molar-refractivity contribution in [2.45, 2.75) is 6.92 Å². The Morgan fingerprint density at radius 2 is 2.31 bits per heavy atom. The monoisotopic (exact) mass is 179 g/mol. The van der Waals surface area contributed by atoms with E-state index in [1.165, 1.54) is 6.92 Å². The van der Waals surface area contributed by atoms with Crippen LogP contribution in [-0.2, 0) is 9.53 Å². The first kappa shape index (κ1) is 11.2. The lowest BCUT2D eigenvalue weighted by Gasteiger charge is -1.83. The van der Waals surface area contributed by atoms with Gasteiger partial charge in [-0.25, -0.2) is 0 Å². The summed E-state index contributed by atoms with van der Waals surface area (Å²) in [5, 5.41) is 0. The van der Waals surface area contributed by atoms with E-state index >= 15 is 0 Å². The number of aromatic nitrogens is 1. The van der Waals surface area contributed by atoms with Crippen molar-refractivity contribution in [1.29, 1.82) is 0 Å². The van der Waals surface area contributed by atoms with E-state index in [4.69, 9.17) is 0 Å². The normalized spacial score (nSPS) is 7.77. The van der Waals surface area contributed by atoms with Crippen molar-refractivity contribution in [3.63, 3.8) is 0 Å². The molecule has 1 aromatic rings. The lowest BCUT2D eigenvalue weighted by molar-refractivity contribution is -0.135. The van der Waals surface area contributed by atoms with E-state index < -0.39 is 0 Å². The standard InChI is InChI=1S/C6H7N.C4H6O2/c1-2-6-4-3-5-7-6;1-3-6-4(2)5/h2-5,7H,1H2;3H,1H2,2H3. The fraction of sp³-hybridized carbons (Fsp3) is 0.100. The molecule has 0 amide bonds. The van der Waals surface area contributed by atoms with Crippen LogP contribution in [0.5, 0.6) is 0 Å².